The first-order chi connectivity index (χ1) is 7.25. The average Bonchev–Trinajstić information content (AvgIpc) is 2.25. The predicted octanol–water partition coefficient (Wildman–Crippen LogP) is 0.269. The lowest BCUT2D eigenvalue weighted by atomic mass is 10.3. The molecule has 0 saturated carbocycles. The van der Waals surface area contributed by atoms with Gasteiger partial charge in [-0.05, 0) is 23.8 Å². The minimum atomic E-state index is -0.166. The topological polar surface area (TPSA) is 73.8 Å². The number of hydrogen-bond acceptors (Lipinski definition) is 4. The van der Waals surface area contributed by atoms with Crippen molar-refractivity contribution in [2.75, 3.05) is 5.73 Å². The van der Waals surface area contributed by atoms with Crippen molar-refractivity contribution in [1.82, 2.24) is 14.8 Å². The maximum absolute atomic E-state index is 11.4. The van der Waals surface area contributed by atoms with Crippen LogP contribution < -0.4 is 11.3 Å². The van der Waals surface area contributed by atoms with Crippen LogP contribution in [0.15, 0.2) is 41.5 Å². The quantitative estimate of drug-likeness (QED) is 0.758. The smallest absolute Gasteiger partial charge is 0.267 e. The third-order valence-electron chi connectivity index (χ3n) is 1.97. The second kappa shape index (κ2) is 3.91. The first-order valence-electron chi connectivity index (χ1n) is 4.48. The molecule has 0 amide bonds. The van der Waals surface area contributed by atoms with E-state index in [-0.39, 0.29) is 5.56 Å². The summed E-state index contributed by atoms with van der Waals surface area (Å²) in [6, 6.07) is 6.56. The predicted molar refractivity (Wildman–Crippen MR) is 56.2 cm³/mol. The highest BCUT2D eigenvalue weighted by molar-refractivity contribution is 5.24. The van der Waals surface area contributed by atoms with Gasteiger partial charge in [0.25, 0.3) is 5.56 Å². The van der Waals surface area contributed by atoms with Crippen LogP contribution in [0.1, 0.15) is 5.56 Å². The molecule has 5 heteroatoms. The summed E-state index contributed by atoms with van der Waals surface area (Å²) in [6.07, 6.45) is 3.35. The lowest BCUT2D eigenvalue weighted by molar-refractivity contribution is 0.643. The molecular formula is C10H10N4O. The molecule has 0 bridgehead atoms. The van der Waals surface area contributed by atoms with Gasteiger partial charge in [-0.2, -0.15) is 5.10 Å². The average molecular weight is 202 g/mol. The van der Waals surface area contributed by atoms with Crippen molar-refractivity contribution in [2.24, 2.45) is 0 Å². The Balaban J connectivity index is 2.32. The summed E-state index contributed by atoms with van der Waals surface area (Å²) in [5.41, 5.74) is 6.30. The highest BCUT2D eigenvalue weighted by Gasteiger charge is 1.99. The molecule has 0 fully saturated rings. The molecule has 5 nitrogen and oxygen atoms in total. The number of pyridine rings is 1. The number of hydrogen-bond donors (Lipinski definition) is 1. The largest absolute Gasteiger partial charge is 0.382 e. The summed E-state index contributed by atoms with van der Waals surface area (Å²) in [5, 5.41) is 3.93. The van der Waals surface area contributed by atoms with E-state index < -0.39 is 0 Å². The second-order valence-electron chi connectivity index (χ2n) is 3.11. The van der Waals surface area contributed by atoms with E-state index in [4.69, 9.17) is 5.73 Å². The van der Waals surface area contributed by atoms with Gasteiger partial charge < -0.3 is 5.73 Å². The standard InChI is InChI=1S/C10H10N4O/c11-9-1-2-10(15)14(13-9)7-8-3-5-12-6-4-8/h1-6H,7H2,(H2,11,13). The van der Waals surface area contributed by atoms with E-state index >= 15 is 0 Å². The van der Waals surface area contributed by atoms with Crippen LogP contribution in [-0.2, 0) is 6.54 Å². The van der Waals surface area contributed by atoms with E-state index in [1.807, 2.05) is 12.1 Å². The lowest BCUT2D eigenvalue weighted by Gasteiger charge is -2.04. The number of nitrogen functional groups attached to an aromatic ring is 1. The van der Waals surface area contributed by atoms with Gasteiger partial charge in [0.15, 0.2) is 0 Å². The summed E-state index contributed by atoms with van der Waals surface area (Å²) < 4.78 is 1.32. The lowest BCUT2D eigenvalue weighted by Crippen LogP contribution is -2.23. The van der Waals surface area contributed by atoms with E-state index in [2.05, 4.69) is 10.1 Å². The molecule has 2 aromatic rings. The minimum Gasteiger partial charge on any atom is -0.382 e. The zero-order valence-electron chi connectivity index (χ0n) is 8.00. The van der Waals surface area contributed by atoms with Crippen LogP contribution in [0.4, 0.5) is 5.82 Å². The Morgan fingerprint density at radius 1 is 1.20 bits per heavy atom. The van der Waals surface area contributed by atoms with E-state index in [1.165, 1.54) is 16.8 Å². The zero-order chi connectivity index (χ0) is 10.7. The van der Waals surface area contributed by atoms with Gasteiger partial charge in [-0.3, -0.25) is 9.78 Å². The number of anilines is 1. The van der Waals surface area contributed by atoms with Crippen molar-refractivity contribution in [3.8, 4) is 0 Å². The Morgan fingerprint density at radius 3 is 2.67 bits per heavy atom. The number of rotatable bonds is 2. The highest BCUT2D eigenvalue weighted by Crippen LogP contribution is 1.98. The van der Waals surface area contributed by atoms with Gasteiger partial charge in [-0.25, -0.2) is 4.68 Å². The zero-order valence-corrected chi connectivity index (χ0v) is 8.00. The van der Waals surface area contributed by atoms with Crippen molar-refractivity contribution >= 4 is 5.82 Å². The molecule has 2 aromatic heterocycles. The van der Waals surface area contributed by atoms with E-state index in [0.29, 0.717) is 12.4 Å². The molecule has 76 valence electrons. The van der Waals surface area contributed by atoms with Crippen molar-refractivity contribution in [2.45, 2.75) is 6.54 Å². The van der Waals surface area contributed by atoms with Crippen LogP contribution in [0.3, 0.4) is 0 Å². The van der Waals surface area contributed by atoms with Gasteiger partial charge in [0.2, 0.25) is 0 Å². The third kappa shape index (κ3) is 2.19. The van der Waals surface area contributed by atoms with Crippen LogP contribution in [0.5, 0.6) is 0 Å². The molecule has 2 heterocycles. The van der Waals surface area contributed by atoms with Crippen LogP contribution in [0, 0.1) is 0 Å². The fourth-order valence-corrected chi connectivity index (χ4v) is 1.24. The molecule has 0 atom stereocenters. The number of nitrogens with zero attached hydrogens (tertiary/aromatic N) is 3. The van der Waals surface area contributed by atoms with Crippen LogP contribution >= 0.6 is 0 Å². The van der Waals surface area contributed by atoms with Gasteiger partial charge in [-0.1, -0.05) is 0 Å². The SMILES string of the molecule is Nc1ccc(=O)n(Cc2ccncc2)n1. The first kappa shape index (κ1) is 9.39. The Bertz CT molecular complexity index is 506. The normalized spacial score (nSPS) is 10.1. The van der Waals surface area contributed by atoms with Gasteiger partial charge >= 0.3 is 0 Å². The Labute approximate surface area is 86.2 Å². The molecule has 0 aliphatic rings. The van der Waals surface area contributed by atoms with Gasteiger partial charge in [0.1, 0.15) is 5.82 Å². The van der Waals surface area contributed by atoms with Gasteiger partial charge in [0, 0.05) is 18.5 Å². The summed E-state index contributed by atoms with van der Waals surface area (Å²) in [7, 11) is 0. The Morgan fingerprint density at radius 2 is 1.93 bits per heavy atom. The molecule has 0 aliphatic heterocycles. The second-order valence-corrected chi connectivity index (χ2v) is 3.11. The molecule has 0 saturated heterocycles. The van der Waals surface area contributed by atoms with Crippen LogP contribution in [0.2, 0.25) is 0 Å². The molecule has 2 N–H and O–H groups in total. The molecule has 0 radical (unpaired) electrons. The molecule has 0 unspecified atom stereocenters. The molecule has 15 heavy (non-hydrogen) atoms. The maximum Gasteiger partial charge on any atom is 0.267 e. The monoisotopic (exact) mass is 202 g/mol. The maximum atomic E-state index is 11.4. The van der Waals surface area contributed by atoms with Gasteiger partial charge in [0.05, 0.1) is 6.54 Å². The summed E-state index contributed by atoms with van der Waals surface area (Å²) in [4.78, 5) is 15.3. The van der Waals surface area contributed by atoms with Gasteiger partial charge in [-0.15, -0.1) is 0 Å². The van der Waals surface area contributed by atoms with Crippen LogP contribution in [0.25, 0.3) is 0 Å². The number of aromatic nitrogens is 3. The third-order valence-corrected chi connectivity index (χ3v) is 1.97. The molecule has 0 aromatic carbocycles. The molecule has 2 rings (SSSR count). The van der Waals surface area contributed by atoms with Crippen molar-refractivity contribution in [1.29, 1.82) is 0 Å². The minimum absolute atomic E-state index is 0.166. The number of nitrogens with two attached hydrogens (primary N) is 1. The highest BCUT2D eigenvalue weighted by atomic mass is 16.1. The fourth-order valence-electron chi connectivity index (χ4n) is 1.24. The molecule has 0 aliphatic carbocycles. The summed E-state index contributed by atoms with van der Waals surface area (Å²) >= 11 is 0. The van der Waals surface area contributed by atoms with Crippen molar-refractivity contribution < 1.29 is 0 Å². The van der Waals surface area contributed by atoms with Crippen molar-refractivity contribution in [3.05, 3.63) is 52.6 Å². The molecular weight excluding hydrogens is 192 g/mol. The molecule has 0 spiro atoms. The Hall–Kier alpha value is -2.17. The summed E-state index contributed by atoms with van der Waals surface area (Å²) in [5.74, 6) is 0.337. The van der Waals surface area contributed by atoms with Crippen LogP contribution in [-0.4, -0.2) is 14.8 Å². The fraction of sp³-hybridized carbons (Fsp3) is 0.100. The van der Waals surface area contributed by atoms with E-state index in [1.54, 1.807) is 12.4 Å². The van der Waals surface area contributed by atoms with Crippen molar-refractivity contribution in [3.63, 3.8) is 0 Å². The van der Waals surface area contributed by atoms with E-state index in [9.17, 15) is 4.79 Å². The Kier molecular flexibility index (Phi) is 2.45. The first-order valence-corrected chi connectivity index (χ1v) is 4.48. The summed E-state index contributed by atoms with van der Waals surface area (Å²) in [6.45, 7) is 0.409. The van der Waals surface area contributed by atoms with E-state index in [0.717, 1.165) is 5.56 Å².